The van der Waals surface area contributed by atoms with Gasteiger partial charge in [-0.3, -0.25) is 0 Å². The lowest BCUT2D eigenvalue weighted by molar-refractivity contribution is 0.147. The molecule has 3 rings (SSSR count). The van der Waals surface area contributed by atoms with E-state index >= 15 is 0 Å². The summed E-state index contributed by atoms with van der Waals surface area (Å²) in [5, 5.41) is 3.92. The zero-order valence-corrected chi connectivity index (χ0v) is 13.9. The minimum absolute atomic E-state index is 0.387. The summed E-state index contributed by atoms with van der Waals surface area (Å²) in [6.07, 6.45) is 8.05. The normalized spacial score (nSPS) is 27.8. The fourth-order valence-corrected chi connectivity index (χ4v) is 4.35. The van der Waals surface area contributed by atoms with Crippen LogP contribution in [-0.2, 0) is 0 Å². The number of rotatable bonds is 4. The first-order chi connectivity index (χ1) is 10.1. The summed E-state index contributed by atoms with van der Waals surface area (Å²) in [7, 11) is 4.51. The number of hydrogen-bond donors (Lipinski definition) is 1. The molecule has 0 amide bonds. The second-order valence-electron chi connectivity index (χ2n) is 7.37. The van der Waals surface area contributed by atoms with Crippen molar-refractivity contribution in [3.05, 3.63) is 35.4 Å². The van der Waals surface area contributed by atoms with Crippen LogP contribution in [0.2, 0.25) is 0 Å². The van der Waals surface area contributed by atoms with Gasteiger partial charge < -0.3 is 10.2 Å². The predicted octanol–water partition coefficient (Wildman–Crippen LogP) is 4.09. The minimum atomic E-state index is 0.387. The van der Waals surface area contributed by atoms with Gasteiger partial charge in [0.2, 0.25) is 0 Å². The van der Waals surface area contributed by atoms with Crippen LogP contribution < -0.4 is 5.32 Å². The molecule has 116 valence electrons. The third-order valence-electron chi connectivity index (χ3n) is 5.95. The van der Waals surface area contributed by atoms with Gasteiger partial charge in [0.25, 0.3) is 0 Å². The number of nitrogens with zero attached hydrogens (tertiary/aromatic N) is 1. The highest BCUT2D eigenvalue weighted by molar-refractivity contribution is 5.35. The standard InChI is InChI=1S/C19H30N2/c1-15-10-11-18(17-9-5-4-8-16(15)17)20-14-19(21(2)3)12-6-7-13-19/h4-5,8-9,15,18,20H,6-7,10-14H2,1-3H3. The SMILES string of the molecule is CC1CCC(NCC2(N(C)C)CCCC2)c2ccccc21. The number of fused-ring (bicyclic) bond motifs is 1. The van der Waals surface area contributed by atoms with Crippen molar-refractivity contribution in [2.75, 3.05) is 20.6 Å². The van der Waals surface area contributed by atoms with Crippen LogP contribution in [0.3, 0.4) is 0 Å². The molecule has 21 heavy (non-hydrogen) atoms. The number of likely N-dealkylation sites (N-methyl/N-ethyl adjacent to an activating group) is 1. The van der Waals surface area contributed by atoms with Gasteiger partial charge in [-0.15, -0.1) is 0 Å². The molecule has 2 heteroatoms. The molecule has 0 spiro atoms. The smallest absolute Gasteiger partial charge is 0.0328 e. The van der Waals surface area contributed by atoms with E-state index in [0.29, 0.717) is 17.5 Å². The molecule has 1 N–H and O–H groups in total. The van der Waals surface area contributed by atoms with E-state index in [0.717, 1.165) is 6.54 Å². The van der Waals surface area contributed by atoms with E-state index < -0.39 is 0 Å². The molecule has 0 bridgehead atoms. The molecular weight excluding hydrogens is 256 g/mol. The van der Waals surface area contributed by atoms with Crippen LogP contribution in [0.25, 0.3) is 0 Å². The number of benzene rings is 1. The Bertz CT molecular complexity index is 474. The first-order valence-corrected chi connectivity index (χ1v) is 8.62. The van der Waals surface area contributed by atoms with Crippen molar-refractivity contribution in [2.24, 2.45) is 0 Å². The summed E-state index contributed by atoms with van der Waals surface area (Å²) in [5.41, 5.74) is 3.49. The van der Waals surface area contributed by atoms with Crippen LogP contribution in [0.5, 0.6) is 0 Å². The third-order valence-corrected chi connectivity index (χ3v) is 5.95. The molecule has 0 aliphatic heterocycles. The molecule has 1 aromatic rings. The highest BCUT2D eigenvalue weighted by Crippen LogP contribution is 2.38. The molecule has 0 heterocycles. The second kappa shape index (κ2) is 6.10. The third kappa shape index (κ3) is 2.89. The molecule has 0 saturated heterocycles. The first kappa shape index (κ1) is 15.1. The lowest BCUT2D eigenvalue weighted by Crippen LogP contribution is -2.50. The molecule has 0 radical (unpaired) electrons. The first-order valence-electron chi connectivity index (χ1n) is 8.62. The maximum absolute atomic E-state index is 3.92. The zero-order chi connectivity index (χ0) is 14.9. The fourth-order valence-electron chi connectivity index (χ4n) is 4.35. The van der Waals surface area contributed by atoms with E-state index in [4.69, 9.17) is 0 Å². The molecule has 2 nitrogen and oxygen atoms in total. The van der Waals surface area contributed by atoms with Crippen molar-refractivity contribution in [3.8, 4) is 0 Å². The van der Waals surface area contributed by atoms with Gasteiger partial charge in [0.15, 0.2) is 0 Å². The van der Waals surface area contributed by atoms with E-state index in [2.05, 4.69) is 55.5 Å². The van der Waals surface area contributed by atoms with Crippen molar-refractivity contribution < 1.29 is 0 Å². The Morgan fingerprint density at radius 1 is 1.10 bits per heavy atom. The van der Waals surface area contributed by atoms with Crippen LogP contribution in [0.15, 0.2) is 24.3 Å². The number of nitrogens with one attached hydrogen (secondary N) is 1. The molecule has 2 atom stereocenters. The van der Waals surface area contributed by atoms with Gasteiger partial charge in [0.05, 0.1) is 0 Å². The van der Waals surface area contributed by atoms with Crippen LogP contribution in [-0.4, -0.2) is 31.1 Å². The molecule has 2 unspecified atom stereocenters. The van der Waals surface area contributed by atoms with E-state index in [1.165, 1.54) is 38.5 Å². The van der Waals surface area contributed by atoms with Crippen molar-refractivity contribution in [3.63, 3.8) is 0 Å². The molecule has 1 aromatic carbocycles. The summed E-state index contributed by atoms with van der Waals surface area (Å²) < 4.78 is 0. The van der Waals surface area contributed by atoms with E-state index in [1.807, 2.05) is 0 Å². The molecular formula is C19H30N2. The largest absolute Gasteiger partial charge is 0.308 e. The maximum Gasteiger partial charge on any atom is 0.0328 e. The van der Waals surface area contributed by atoms with Gasteiger partial charge in [0.1, 0.15) is 0 Å². The summed E-state index contributed by atoms with van der Waals surface area (Å²) in [4.78, 5) is 2.46. The van der Waals surface area contributed by atoms with Crippen LogP contribution >= 0.6 is 0 Å². The highest BCUT2D eigenvalue weighted by atomic mass is 15.2. The Kier molecular flexibility index (Phi) is 4.37. The molecule has 1 saturated carbocycles. The Balaban J connectivity index is 1.73. The van der Waals surface area contributed by atoms with E-state index in [1.54, 1.807) is 11.1 Å². The van der Waals surface area contributed by atoms with Gasteiger partial charge in [-0.05, 0) is 56.8 Å². The second-order valence-corrected chi connectivity index (χ2v) is 7.37. The van der Waals surface area contributed by atoms with Crippen LogP contribution in [0.1, 0.15) is 68.5 Å². The zero-order valence-electron chi connectivity index (χ0n) is 13.9. The monoisotopic (exact) mass is 286 g/mol. The van der Waals surface area contributed by atoms with Crippen LogP contribution in [0.4, 0.5) is 0 Å². The predicted molar refractivity (Wildman–Crippen MR) is 89.7 cm³/mol. The number of hydrogen-bond acceptors (Lipinski definition) is 2. The van der Waals surface area contributed by atoms with Crippen LogP contribution in [0, 0.1) is 0 Å². The van der Waals surface area contributed by atoms with Gasteiger partial charge in [-0.1, -0.05) is 44.0 Å². The van der Waals surface area contributed by atoms with Gasteiger partial charge >= 0.3 is 0 Å². The minimum Gasteiger partial charge on any atom is -0.308 e. The Labute approximate surface area is 129 Å². The molecule has 2 aliphatic carbocycles. The van der Waals surface area contributed by atoms with Gasteiger partial charge in [-0.25, -0.2) is 0 Å². The Morgan fingerprint density at radius 3 is 2.43 bits per heavy atom. The fraction of sp³-hybridized carbons (Fsp3) is 0.684. The summed E-state index contributed by atoms with van der Waals surface area (Å²) in [6, 6.07) is 9.60. The highest BCUT2D eigenvalue weighted by Gasteiger charge is 2.36. The lowest BCUT2D eigenvalue weighted by atomic mass is 9.80. The summed E-state index contributed by atoms with van der Waals surface area (Å²) >= 11 is 0. The van der Waals surface area contributed by atoms with E-state index in [-0.39, 0.29) is 0 Å². The van der Waals surface area contributed by atoms with E-state index in [9.17, 15) is 0 Å². The Morgan fingerprint density at radius 2 is 1.76 bits per heavy atom. The topological polar surface area (TPSA) is 15.3 Å². The van der Waals surface area contributed by atoms with Crippen molar-refractivity contribution in [1.82, 2.24) is 10.2 Å². The molecule has 1 fully saturated rings. The Hall–Kier alpha value is -0.860. The van der Waals surface area contributed by atoms with Crippen molar-refractivity contribution in [1.29, 1.82) is 0 Å². The summed E-state index contributed by atoms with van der Waals surface area (Å²) in [5.74, 6) is 0.716. The lowest BCUT2D eigenvalue weighted by Gasteiger charge is -2.39. The summed E-state index contributed by atoms with van der Waals surface area (Å²) in [6.45, 7) is 3.50. The van der Waals surface area contributed by atoms with Gasteiger partial charge in [0, 0.05) is 18.1 Å². The molecule has 2 aliphatic rings. The van der Waals surface area contributed by atoms with Crippen molar-refractivity contribution >= 4 is 0 Å². The van der Waals surface area contributed by atoms with Crippen molar-refractivity contribution in [2.45, 2.75) is 62.9 Å². The maximum atomic E-state index is 3.92. The quantitative estimate of drug-likeness (QED) is 0.897. The van der Waals surface area contributed by atoms with Gasteiger partial charge in [-0.2, -0.15) is 0 Å². The average Bonchev–Trinajstić information content (AvgIpc) is 2.97. The average molecular weight is 286 g/mol. The molecule has 0 aromatic heterocycles.